The molecule has 5 rings (SSSR count). The maximum Gasteiger partial charge on any atom is 0.269 e. The number of rotatable bonds is 22. The van der Waals surface area contributed by atoms with Gasteiger partial charge < -0.3 is 33.5 Å². The second-order valence-corrected chi connectivity index (χ2v) is 13.6. The summed E-state index contributed by atoms with van der Waals surface area (Å²) < 4.78 is 28.8. The molecule has 55 heavy (non-hydrogen) atoms. The van der Waals surface area contributed by atoms with E-state index in [1.807, 2.05) is 30.4 Å². The lowest BCUT2D eigenvalue weighted by molar-refractivity contribution is -0.384. The van der Waals surface area contributed by atoms with Gasteiger partial charge in [0.1, 0.15) is 11.5 Å². The number of anilines is 2. The van der Waals surface area contributed by atoms with Gasteiger partial charge in [0.15, 0.2) is 5.78 Å². The lowest BCUT2D eigenvalue weighted by atomic mass is 9.83. The van der Waals surface area contributed by atoms with E-state index in [0.717, 1.165) is 65.0 Å². The van der Waals surface area contributed by atoms with Crippen LogP contribution in [0.2, 0.25) is 0 Å². The van der Waals surface area contributed by atoms with Crippen LogP contribution in [-0.2, 0) is 30.2 Å². The lowest BCUT2D eigenvalue weighted by Crippen LogP contribution is -2.31. The van der Waals surface area contributed by atoms with Gasteiger partial charge in [0, 0.05) is 98.3 Å². The number of allylic oxidation sites excluding steroid dienone is 5. The van der Waals surface area contributed by atoms with Crippen molar-refractivity contribution in [3.63, 3.8) is 0 Å². The molecule has 11 nitrogen and oxygen atoms in total. The van der Waals surface area contributed by atoms with Crippen LogP contribution in [0.1, 0.15) is 50.3 Å². The highest BCUT2D eigenvalue weighted by molar-refractivity contribution is 6.16. The standard InChI is InChI=1S/C44H55N3O8/c1-6-33(7-2)34-11-16-38(41(48)29-34)44-39-17-14-36(45(8-3)20-19-32-9-12-35(13-10-32)47(49)50)30-42(39)55-43-31-37(15-18-40(43)44)46(21-23-53-27-25-51-4)22-24-54-28-26-52-5/h9-18,29-31,33H,6-8,19-28H2,1-5H3/b44-38-. The molecule has 0 fully saturated rings. The summed E-state index contributed by atoms with van der Waals surface area (Å²) >= 11 is 0. The minimum Gasteiger partial charge on any atom is -0.456 e. The number of carbonyl (C=O) groups is 1. The number of ketones is 1. The lowest BCUT2D eigenvalue weighted by Gasteiger charge is -2.30. The number of fused-ring (bicyclic) bond motifs is 2. The molecule has 3 aromatic carbocycles. The van der Waals surface area contributed by atoms with Gasteiger partial charge in [-0.3, -0.25) is 14.9 Å². The highest BCUT2D eigenvalue weighted by Crippen LogP contribution is 2.48. The van der Waals surface area contributed by atoms with Crippen LogP contribution in [0, 0.1) is 16.0 Å². The van der Waals surface area contributed by atoms with Crippen molar-refractivity contribution in [2.24, 2.45) is 5.92 Å². The number of methoxy groups -OCH3 is 2. The van der Waals surface area contributed by atoms with E-state index in [0.29, 0.717) is 82.3 Å². The highest BCUT2D eigenvalue weighted by atomic mass is 16.6. The molecule has 0 spiro atoms. The topological polar surface area (TPSA) is 113 Å². The molecule has 0 N–H and O–H groups in total. The smallest absolute Gasteiger partial charge is 0.269 e. The number of nitrogens with zero attached hydrogens (tertiary/aromatic N) is 3. The minimum absolute atomic E-state index is 0.00678. The number of non-ortho nitro benzene ring substituents is 1. The Morgan fingerprint density at radius 1 is 0.727 bits per heavy atom. The summed E-state index contributed by atoms with van der Waals surface area (Å²) in [4.78, 5) is 29.2. The van der Waals surface area contributed by atoms with Gasteiger partial charge in [0.25, 0.3) is 5.69 Å². The predicted molar refractivity (Wildman–Crippen MR) is 218 cm³/mol. The van der Waals surface area contributed by atoms with Crippen LogP contribution in [0.25, 0.3) is 5.57 Å². The molecule has 2 aliphatic rings. The van der Waals surface area contributed by atoms with Crippen LogP contribution in [0.15, 0.2) is 90.0 Å². The fraction of sp³-hybridized carbons (Fsp3) is 0.432. The van der Waals surface area contributed by atoms with Crippen molar-refractivity contribution in [2.75, 3.05) is 89.8 Å². The van der Waals surface area contributed by atoms with E-state index in [9.17, 15) is 14.9 Å². The number of nitro groups is 1. The second kappa shape index (κ2) is 20.8. The highest BCUT2D eigenvalue weighted by Gasteiger charge is 2.29. The fourth-order valence-electron chi connectivity index (χ4n) is 7.04. The molecule has 0 radical (unpaired) electrons. The van der Waals surface area contributed by atoms with Gasteiger partial charge >= 0.3 is 0 Å². The maximum atomic E-state index is 14.0. The zero-order valence-electron chi connectivity index (χ0n) is 32.9. The van der Waals surface area contributed by atoms with Crippen molar-refractivity contribution in [1.29, 1.82) is 0 Å². The van der Waals surface area contributed by atoms with Gasteiger partial charge in [-0.25, -0.2) is 0 Å². The first-order valence-corrected chi connectivity index (χ1v) is 19.3. The Labute approximate surface area is 325 Å². The molecule has 0 bridgehead atoms. The van der Waals surface area contributed by atoms with Gasteiger partial charge in [-0.05, 0) is 73.6 Å². The Hall–Kier alpha value is -4.81. The molecule has 0 unspecified atom stereocenters. The van der Waals surface area contributed by atoms with Gasteiger partial charge in [-0.2, -0.15) is 0 Å². The van der Waals surface area contributed by atoms with E-state index in [1.54, 1.807) is 26.4 Å². The first-order valence-electron chi connectivity index (χ1n) is 19.3. The summed E-state index contributed by atoms with van der Waals surface area (Å²) in [5.41, 5.74) is 7.31. The molecule has 3 aromatic rings. The minimum atomic E-state index is -0.381. The predicted octanol–water partition coefficient (Wildman–Crippen LogP) is 8.21. The van der Waals surface area contributed by atoms with Gasteiger partial charge in [-0.15, -0.1) is 0 Å². The first kappa shape index (κ1) is 41.4. The Balaban J connectivity index is 1.50. The molecular formula is C44H55N3O8. The third-order valence-electron chi connectivity index (χ3n) is 10.2. The second-order valence-electron chi connectivity index (χ2n) is 13.6. The molecular weight excluding hydrogens is 698 g/mol. The number of carbonyl (C=O) groups excluding carboxylic acids is 1. The van der Waals surface area contributed by atoms with Crippen molar-refractivity contribution in [3.05, 3.63) is 117 Å². The van der Waals surface area contributed by atoms with E-state index < -0.39 is 0 Å². The van der Waals surface area contributed by atoms with Crippen molar-refractivity contribution in [3.8, 4) is 11.5 Å². The summed E-state index contributed by atoms with van der Waals surface area (Å²) in [5, 5.41) is 11.1. The van der Waals surface area contributed by atoms with Crippen LogP contribution in [0.5, 0.6) is 11.5 Å². The Kier molecular flexibility index (Phi) is 15.6. The number of likely N-dealkylation sites (N-methyl/N-ethyl adjacent to an activating group) is 1. The van der Waals surface area contributed by atoms with Crippen LogP contribution in [0.3, 0.4) is 0 Å². The largest absolute Gasteiger partial charge is 0.456 e. The number of ether oxygens (including phenoxy) is 5. The molecule has 0 saturated heterocycles. The van der Waals surface area contributed by atoms with Crippen LogP contribution in [-0.4, -0.2) is 90.7 Å². The van der Waals surface area contributed by atoms with Gasteiger partial charge in [-0.1, -0.05) is 38.1 Å². The van der Waals surface area contributed by atoms with Gasteiger partial charge in [0.05, 0.1) is 44.6 Å². The summed E-state index contributed by atoms with van der Waals surface area (Å²) in [7, 11) is 3.32. The quantitative estimate of drug-likeness (QED) is 0.0337. The van der Waals surface area contributed by atoms with Crippen LogP contribution in [0.4, 0.5) is 17.1 Å². The Morgan fingerprint density at radius 2 is 1.31 bits per heavy atom. The monoisotopic (exact) mass is 753 g/mol. The zero-order chi connectivity index (χ0) is 39.2. The third-order valence-corrected chi connectivity index (χ3v) is 10.2. The average Bonchev–Trinajstić information content (AvgIpc) is 3.20. The molecule has 0 amide bonds. The van der Waals surface area contributed by atoms with E-state index in [4.69, 9.17) is 23.7 Å². The normalized spacial score (nSPS) is 14.7. The molecule has 1 aliphatic heterocycles. The van der Waals surface area contributed by atoms with Crippen molar-refractivity contribution in [1.82, 2.24) is 0 Å². The summed E-state index contributed by atoms with van der Waals surface area (Å²) in [6.07, 6.45) is 8.56. The molecule has 0 atom stereocenters. The van der Waals surface area contributed by atoms with Crippen LogP contribution >= 0.6 is 0 Å². The number of benzene rings is 3. The summed E-state index contributed by atoms with van der Waals surface area (Å²) in [5.74, 6) is 1.67. The molecule has 294 valence electrons. The zero-order valence-corrected chi connectivity index (χ0v) is 32.9. The Bertz CT molecular complexity index is 1830. The molecule has 11 heteroatoms. The van der Waals surface area contributed by atoms with E-state index in [-0.39, 0.29) is 16.4 Å². The average molecular weight is 754 g/mol. The molecule has 1 aliphatic carbocycles. The maximum absolute atomic E-state index is 14.0. The number of nitro benzene ring substituents is 1. The fourth-order valence-corrected chi connectivity index (χ4v) is 7.04. The number of hydrogen-bond acceptors (Lipinski definition) is 10. The summed E-state index contributed by atoms with van der Waals surface area (Å²) in [6, 6.07) is 19.1. The van der Waals surface area contributed by atoms with E-state index in [1.165, 1.54) is 0 Å². The van der Waals surface area contributed by atoms with E-state index in [2.05, 4.69) is 67.0 Å². The van der Waals surface area contributed by atoms with Gasteiger partial charge in [0.2, 0.25) is 0 Å². The van der Waals surface area contributed by atoms with Crippen molar-refractivity contribution >= 4 is 28.4 Å². The molecule has 0 saturated carbocycles. The SMILES string of the molecule is CCC(CC)C1=CC(=O)/C(=C2/c3ccc(N(CC)CCc4ccc([N+](=O)[O-])cc4)cc3Oc3cc(N(CCOCCOC)CCOCCOC)ccc32)C=C1. The molecule has 1 heterocycles. The summed E-state index contributed by atoms with van der Waals surface area (Å²) in [6.45, 7) is 12.3. The van der Waals surface area contributed by atoms with Crippen LogP contribution < -0.4 is 14.5 Å². The Morgan fingerprint density at radius 3 is 1.82 bits per heavy atom. The van der Waals surface area contributed by atoms with Crippen molar-refractivity contribution in [2.45, 2.75) is 40.0 Å². The van der Waals surface area contributed by atoms with E-state index >= 15 is 0 Å². The number of hydrogen-bond donors (Lipinski definition) is 0. The molecule has 0 aromatic heterocycles. The third kappa shape index (κ3) is 10.7. The first-order chi connectivity index (χ1) is 26.8. The van der Waals surface area contributed by atoms with Crippen molar-refractivity contribution < 1.29 is 33.4 Å².